The number of hydrogen-bond acceptors (Lipinski definition) is 5. The molecule has 1 N–H and O–H groups in total. The highest BCUT2D eigenvalue weighted by atomic mass is 32.2. The van der Waals surface area contributed by atoms with Gasteiger partial charge in [-0.1, -0.05) is 12.8 Å². The molecule has 3 rings (SSSR count). The molecule has 148 valence electrons. The number of benzene rings is 1. The molecule has 1 atom stereocenters. The fourth-order valence-electron chi connectivity index (χ4n) is 3.41. The number of anilines is 1. The van der Waals surface area contributed by atoms with Gasteiger partial charge in [-0.15, -0.1) is 11.8 Å². The van der Waals surface area contributed by atoms with Gasteiger partial charge in [-0.05, 0) is 38.0 Å². The Morgan fingerprint density at radius 1 is 1.22 bits per heavy atom. The summed E-state index contributed by atoms with van der Waals surface area (Å²) in [6.07, 6.45) is 4.60. The summed E-state index contributed by atoms with van der Waals surface area (Å²) in [5.74, 6) is 0.470. The fourth-order valence-corrected chi connectivity index (χ4v) is 5.72. The van der Waals surface area contributed by atoms with E-state index in [0.29, 0.717) is 31.0 Å². The minimum absolute atomic E-state index is 0.0134. The van der Waals surface area contributed by atoms with Gasteiger partial charge in [0.25, 0.3) is 0 Å². The molecule has 0 aliphatic carbocycles. The lowest BCUT2D eigenvalue weighted by Gasteiger charge is -2.22. The van der Waals surface area contributed by atoms with Gasteiger partial charge in [-0.2, -0.15) is 0 Å². The highest BCUT2D eigenvalue weighted by molar-refractivity contribution is 7.99. The Balaban J connectivity index is 1.75. The molecule has 6 nitrogen and oxygen atoms in total. The van der Waals surface area contributed by atoms with E-state index in [0.717, 1.165) is 30.6 Å². The summed E-state index contributed by atoms with van der Waals surface area (Å²) in [6, 6.07) is 4.83. The second-order valence-corrected chi connectivity index (χ2v) is 10.7. The van der Waals surface area contributed by atoms with Crippen LogP contribution in [-0.2, 0) is 19.4 Å². The Morgan fingerprint density at radius 3 is 2.63 bits per heavy atom. The SMILES string of the molecule is C[C@H](CC(=O)N1CCCCCC1)S(=O)(=O)c1ccc2c(c1)NC(=O)CCS2. The van der Waals surface area contributed by atoms with Crippen LogP contribution in [0.1, 0.15) is 45.4 Å². The molecular weight excluding hydrogens is 384 g/mol. The van der Waals surface area contributed by atoms with Crippen molar-refractivity contribution in [3.63, 3.8) is 0 Å². The molecule has 27 heavy (non-hydrogen) atoms. The summed E-state index contributed by atoms with van der Waals surface area (Å²) < 4.78 is 26.0. The number of carbonyl (C=O) groups excluding carboxylic acids is 2. The normalized spacial score (nSPS) is 19.4. The number of sulfone groups is 1. The van der Waals surface area contributed by atoms with Gasteiger partial charge in [0, 0.05) is 36.6 Å². The molecule has 0 aromatic heterocycles. The second-order valence-electron chi connectivity index (χ2n) is 7.16. The Morgan fingerprint density at radius 2 is 1.93 bits per heavy atom. The summed E-state index contributed by atoms with van der Waals surface area (Å²) in [6.45, 7) is 3.02. The lowest BCUT2D eigenvalue weighted by atomic mass is 10.2. The molecule has 2 aliphatic heterocycles. The lowest BCUT2D eigenvalue weighted by Crippen LogP contribution is -2.35. The first-order chi connectivity index (χ1) is 12.9. The van der Waals surface area contributed by atoms with Gasteiger partial charge in [-0.25, -0.2) is 8.42 Å². The molecule has 0 saturated carbocycles. The van der Waals surface area contributed by atoms with Crippen molar-refractivity contribution in [2.24, 2.45) is 0 Å². The standard InChI is InChI=1S/C19H26N2O4S2/c1-14(12-19(23)21-9-4-2-3-5-10-21)27(24,25)15-6-7-17-16(13-15)20-18(22)8-11-26-17/h6-7,13-14H,2-5,8-12H2,1H3,(H,20,22)/t14-/m1/s1. The molecule has 0 spiro atoms. The number of carbonyl (C=O) groups is 2. The van der Waals surface area contributed by atoms with Crippen LogP contribution < -0.4 is 5.32 Å². The summed E-state index contributed by atoms with van der Waals surface area (Å²) in [5.41, 5.74) is 0.537. The van der Waals surface area contributed by atoms with E-state index in [1.165, 1.54) is 17.8 Å². The number of nitrogens with zero attached hydrogens (tertiary/aromatic N) is 1. The van der Waals surface area contributed by atoms with Gasteiger partial charge in [0.1, 0.15) is 0 Å². The number of hydrogen-bond donors (Lipinski definition) is 1. The van der Waals surface area contributed by atoms with Crippen LogP contribution >= 0.6 is 11.8 Å². The third kappa shape index (κ3) is 4.85. The highest BCUT2D eigenvalue weighted by Gasteiger charge is 2.29. The number of thioether (sulfide) groups is 1. The maximum Gasteiger partial charge on any atom is 0.225 e. The number of fused-ring (bicyclic) bond motifs is 1. The minimum Gasteiger partial charge on any atom is -0.343 e. The first kappa shape index (κ1) is 20.2. The minimum atomic E-state index is -3.65. The lowest BCUT2D eigenvalue weighted by molar-refractivity contribution is -0.131. The van der Waals surface area contributed by atoms with Crippen LogP contribution in [0.4, 0.5) is 5.69 Å². The van der Waals surface area contributed by atoms with E-state index < -0.39 is 15.1 Å². The van der Waals surface area contributed by atoms with Crippen LogP contribution in [0, 0.1) is 0 Å². The second kappa shape index (κ2) is 8.65. The van der Waals surface area contributed by atoms with Crippen molar-refractivity contribution in [3.05, 3.63) is 18.2 Å². The van der Waals surface area contributed by atoms with Crippen molar-refractivity contribution < 1.29 is 18.0 Å². The molecule has 2 heterocycles. The van der Waals surface area contributed by atoms with Crippen LogP contribution in [0.15, 0.2) is 28.0 Å². The average molecular weight is 411 g/mol. The van der Waals surface area contributed by atoms with Gasteiger partial charge in [0.05, 0.1) is 15.8 Å². The van der Waals surface area contributed by atoms with Crippen LogP contribution in [0.5, 0.6) is 0 Å². The van der Waals surface area contributed by atoms with Crippen LogP contribution in [0.25, 0.3) is 0 Å². The Bertz CT molecular complexity index is 815. The molecule has 8 heteroatoms. The van der Waals surface area contributed by atoms with Crippen molar-refractivity contribution in [1.82, 2.24) is 4.90 Å². The van der Waals surface area contributed by atoms with Crippen molar-refractivity contribution in [3.8, 4) is 0 Å². The first-order valence-corrected chi connectivity index (χ1v) is 12.0. The van der Waals surface area contributed by atoms with Crippen LogP contribution in [0.3, 0.4) is 0 Å². The Kier molecular flexibility index (Phi) is 6.47. The maximum atomic E-state index is 13.0. The van der Waals surface area contributed by atoms with Gasteiger partial charge in [0.2, 0.25) is 11.8 Å². The van der Waals surface area contributed by atoms with E-state index in [1.54, 1.807) is 24.0 Å². The average Bonchev–Trinajstić information content (AvgIpc) is 3.00. The predicted octanol–water partition coefficient (Wildman–Crippen LogP) is 3.08. The van der Waals surface area contributed by atoms with E-state index >= 15 is 0 Å². The van der Waals surface area contributed by atoms with Gasteiger partial charge in [0.15, 0.2) is 9.84 Å². The van der Waals surface area contributed by atoms with Crippen molar-refractivity contribution in [2.45, 2.75) is 60.5 Å². The number of likely N-dealkylation sites (tertiary alicyclic amines) is 1. The molecule has 2 amide bonds. The molecular formula is C19H26N2O4S2. The van der Waals surface area contributed by atoms with E-state index in [-0.39, 0.29) is 23.1 Å². The van der Waals surface area contributed by atoms with Crippen molar-refractivity contribution >= 4 is 39.1 Å². The Hall–Kier alpha value is -1.54. The molecule has 1 fully saturated rings. The molecule has 1 aromatic rings. The summed E-state index contributed by atoms with van der Waals surface area (Å²) in [5, 5.41) is 1.97. The van der Waals surface area contributed by atoms with Crippen molar-refractivity contribution in [1.29, 1.82) is 0 Å². The van der Waals surface area contributed by atoms with E-state index in [9.17, 15) is 18.0 Å². The zero-order valence-corrected chi connectivity index (χ0v) is 17.2. The first-order valence-electron chi connectivity index (χ1n) is 9.46. The Labute approximate surface area is 165 Å². The van der Waals surface area contributed by atoms with E-state index in [4.69, 9.17) is 0 Å². The maximum absolute atomic E-state index is 13.0. The molecule has 0 unspecified atom stereocenters. The van der Waals surface area contributed by atoms with Gasteiger partial charge in [-0.3, -0.25) is 9.59 Å². The van der Waals surface area contributed by atoms with Crippen LogP contribution in [-0.4, -0.2) is 49.2 Å². The zero-order valence-electron chi connectivity index (χ0n) is 15.6. The molecule has 1 saturated heterocycles. The van der Waals surface area contributed by atoms with E-state index in [2.05, 4.69) is 5.32 Å². The number of rotatable bonds is 4. The van der Waals surface area contributed by atoms with Crippen molar-refractivity contribution in [2.75, 3.05) is 24.2 Å². The predicted molar refractivity (Wildman–Crippen MR) is 107 cm³/mol. The number of amides is 2. The molecule has 2 aliphatic rings. The monoisotopic (exact) mass is 410 g/mol. The third-order valence-electron chi connectivity index (χ3n) is 5.09. The highest BCUT2D eigenvalue weighted by Crippen LogP contribution is 2.33. The largest absolute Gasteiger partial charge is 0.343 e. The molecule has 1 aromatic carbocycles. The van der Waals surface area contributed by atoms with Gasteiger partial charge < -0.3 is 10.2 Å². The third-order valence-corrected chi connectivity index (χ3v) is 8.30. The summed E-state index contributed by atoms with van der Waals surface area (Å²) in [4.78, 5) is 27.1. The smallest absolute Gasteiger partial charge is 0.225 e. The summed E-state index contributed by atoms with van der Waals surface area (Å²) >= 11 is 1.53. The zero-order chi connectivity index (χ0) is 19.4. The quantitative estimate of drug-likeness (QED) is 0.825. The molecule has 0 radical (unpaired) electrons. The molecule has 0 bridgehead atoms. The number of nitrogens with one attached hydrogen (secondary N) is 1. The topological polar surface area (TPSA) is 83.6 Å². The van der Waals surface area contributed by atoms with Gasteiger partial charge >= 0.3 is 0 Å². The summed E-state index contributed by atoms with van der Waals surface area (Å²) in [7, 11) is -3.65. The fraction of sp³-hybridized carbons (Fsp3) is 0.579. The van der Waals surface area contributed by atoms with Crippen LogP contribution in [0.2, 0.25) is 0 Å². The van der Waals surface area contributed by atoms with E-state index in [1.807, 2.05) is 0 Å².